The van der Waals surface area contributed by atoms with Crippen molar-refractivity contribution in [1.82, 2.24) is 4.98 Å². The van der Waals surface area contributed by atoms with Gasteiger partial charge in [-0.05, 0) is 30.7 Å². The van der Waals surface area contributed by atoms with Gasteiger partial charge in [0.15, 0.2) is 11.5 Å². The third-order valence-electron chi connectivity index (χ3n) is 3.95. The number of halogens is 1. The fraction of sp³-hybridized carbons (Fsp3) is 0.211. The van der Waals surface area contributed by atoms with Crippen LogP contribution in [0.1, 0.15) is 5.56 Å². The van der Waals surface area contributed by atoms with Crippen LogP contribution in [0.4, 0.5) is 17.1 Å². The summed E-state index contributed by atoms with van der Waals surface area (Å²) in [5, 5.41) is 15.2. The van der Waals surface area contributed by atoms with E-state index in [1.165, 1.54) is 13.3 Å². The number of nitrogens with zero attached hydrogens (tertiary/aromatic N) is 2. The molecule has 8 heteroatoms. The summed E-state index contributed by atoms with van der Waals surface area (Å²) in [4.78, 5) is 15.3. The van der Waals surface area contributed by atoms with Gasteiger partial charge in [0.25, 0.3) is 0 Å². The largest absolute Gasteiger partial charge is 0.493 e. The normalized spacial score (nSPS) is 10.6. The molecule has 0 saturated carbocycles. The third kappa shape index (κ3) is 4.03. The highest BCUT2D eigenvalue weighted by Gasteiger charge is 2.20. The Balaban J connectivity index is 2.18. The number of nitro groups is 1. The minimum atomic E-state index is -0.463. The van der Waals surface area contributed by atoms with Crippen molar-refractivity contribution in [3.63, 3.8) is 0 Å². The molecule has 0 saturated heterocycles. The van der Waals surface area contributed by atoms with Crippen LogP contribution < -0.4 is 14.8 Å². The molecule has 0 aliphatic heterocycles. The molecule has 0 atom stereocenters. The van der Waals surface area contributed by atoms with E-state index in [2.05, 4.69) is 10.3 Å². The minimum absolute atomic E-state index is 0.125. The minimum Gasteiger partial charge on any atom is -0.493 e. The number of anilines is 2. The Hall–Kier alpha value is -3.06. The van der Waals surface area contributed by atoms with Crippen LogP contribution in [0.2, 0.25) is 0 Å². The molecule has 27 heavy (non-hydrogen) atoms. The third-order valence-corrected chi connectivity index (χ3v) is 4.11. The summed E-state index contributed by atoms with van der Waals surface area (Å²) in [5.41, 5.74) is 2.54. The first kappa shape index (κ1) is 18.7. The van der Waals surface area contributed by atoms with E-state index in [0.717, 1.165) is 11.3 Å². The molecular formula is C19H18ClN3O4. The molecule has 1 aromatic heterocycles. The molecule has 1 heterocycles. The SMILES string of the molecule is COc1cc2c(Nc3cccc(C)c3)c([N+](=O)[O-])cnc2cc1OCCCl. The zero-order valence-electron chi connectivity index (χ0n) is 14.9. The first-order valence-corrected chi connectivity index (χ1v) is 8.74. The summed E-state index contributed by atoms with van der Waals surface area (Å²) >= 11 is 5.68. The standard InChI is InChI=1S/C19H18ClN3O4/c1-12-4-3-5-13(8-12)22-19-14-9-17(26-2)18(27-7-6-20)10-15(14)21-11-16(19)23(24)25/h3-5,8-11H,6-7H2,1-2H3,(H,21,22). The first-order chi connectivity index (χ1) is 13.0. The maximum Gasteiger partial charge on any atom is 0.311 e. The second-order valence-electron chi connectivity index (χ2n) is 5.83. The number of fused-ring (bicyclic) bond motifs is 1. The van der Waals surface area contributed by atoms with Gasteiger partial charge in [-0.25, -0.2) is 4.98 Å². The Morgan fingerprint density at radius 2 is 2.07 bits per heavy atom. The zero-order valence-corrected chi connectivity index (χ0v) is 15.6. The van der Waals surface area contributed by atoms with Crippen LogP contribution in [-0.2, 0) is 0 Å². The smallest absolute Gasteiger partial charge is 0.311 e. The molecule has 7 nitrogen and oxygen atoms in total. The lowest BCUT2D eigenvalue weighted by Gasteiger charge is -2.14. The number of benzene rings is 2. The summed E-state index contributed by atoms with van der Waals surface area (Å²) in [6, 6.07) is 10.9. The van der Waals surface area contributed by atoms with E-state index in [0.29, 0.717) is 40.6 Å². The van der Waals surface area contributed by atoms with Gasteiger partial charge >= 0.3 is 5.69 Å². The summed E-state index contributed by atoms with van der Waals surface area (Å²) in [7, 11) is 1.51. The number of pyridine rings is 1. The molecule has 1 N–H and O–H groups in total. The van der Waals surface area contributed by atoms with Gasteiger partial charge in [-0.3, -0.25) is 10.1 Å². The first-order valence-electron chi connectivity index (χ1n) is 8.21. The summed E-state index contributed by atoms with van der Waals surface area (Å²) < 4.78 is 11.0. The van der Waals surface area contributed by atoms with Gasteiger partial charge in [-0.2, -0.15) is 0 Å². The summed E-state index contributed by atoms with van der Waals surface area (Å²) in [6.45, 7) is 2.26. The number of hydrogen-bond donors (Lipinski definition) is 1. The number of ether oxygens (including phenoxy) is 2. The van der Waals surface area contributed by atoms with Crippen LogP contribution in [0.25, 0.3) is 10.9 Å². The molecular weight excluding hydrogens is 370 g/mol. The van der Waals surface area contributed by atoms with Crippen molar-refractivity contribution in [1.29, 1.82) is 0 Å². The van der Waals surface area contributed by atoms with E-state index in [1.807, 2.05) is 31.2 Å². The molecule has 3 aromatic rings. The number of nitrogens with one attached hydrogen (secondary N) is 1. The Kier molecular flexibility index (Phi) is 5.61. The van der Waals surface area contributed by atoms with E-state index in [1.54, 1.807) is 12.1 Å². The highest BCUT2D eigenvalue weighted by molar-refractivity contribution is 6.18. The number of aryl methyl sites for hydroxylation is 1. The lowest BCUT2D eigenvalue weighted by Crippen LogP contribution is -2.03. The van der Waals surface area contributed by atoms with Crippen LogP contribution in [0.3, 0.4) is 0 Å². The molecule has 0 aliphatic carbocycles. The van der Waals surface area contributed by atoms with Crippen LogP contribution in [0.5, 0.6) is 11.5 Å². The van der Waals surface area contributed by atoms with Gasteiger partial charge in [-0.15, -0.1) is 11.6 Å². The maximum absolute atomic E-state index is 11.5. The fourth-order valence-corrected chi connectivity index (χ4v) is 2.82. The highest BCUT2D eigenvalue weighted by Crippen LogP contribution is 2.39. The van der Waals surface area contributed by atoms with E-state index < -0.39 is 4.92 Å². The monoisotopic (exact) mass is 387 g/mol. The molecule has 0 bridgehead atoms. The topological polar surface area (TPSA) is 86.5 Å². The van der Waals surface area contributed by atoms with Crippen molar-refractivity contribution in [2.75, 3.05) is 24.9 Å². The number of rotatable bonds is 7. The predicted octanol–water partition coefficient (Wildman–Crippen LogP) is 4.82. The number of alkyl halides is 1. The van der Waals surface area contributed by atoms with Crippen molar-refractivity contribution in [2.24, 2.45) is 0 Å². The molecule has 0 amide bonds. The van der Waals surface area contributed by atoms with Crippen LogP contribution >= 0.6 is 11.6 Å². The van der Waals surface area contributed by atoms with Gasteiger partial charge in [0.1, 0.15) is 18.5 Å². The Bertz CT molecular complexity index is 994. The summed E-state index contributed by atoms with van der Waals surface area (Å²) in [6.07, 6.45) is 1.23. The van der Waals surface area contributed by atoms with E-state index in [-0.39, 0.29) is 5.69 Å². The van der Waals surface area contributed by atoms with Gasteiger partial charge in [0.2, 0.25) is 0 Å². The number of methoxy groups -OCH3 is 1. The average Bonchev–Trinajstić information content (AvgIpc) is 2.65. The van der Waals surface area contributed by atoms with E-state index in [4.69, 9.17) is 21.1 Å². The second kappa shape index (κ2) is 8.09. The van der Waals surface area contributed by atoms with Gasteiger partial charge in [0.05, 0.1) is 23.4 Å². The quantitative estimate of drug-likeness (QED) is 0.355. The molecule has 0 fully saturated rings. The van der Waals surface area contributed by atoms with Crippen molar-refractivity contribution >= 4 is 39.6 Å². The predicted molar refractivity (Wildman–Crippen MR) is 106 cm³/mol. The number of aromatic nitrogens is 1. The maximum atomic E-state index is 11.5. The molecule has 3 rings (SSSR count). The highest BCUT2D eigenvalue weighted by atomic mass is 35.5. The lowest BCUT2D eigenvalue weighted by molar-refractivity contribution is -0.384. The van der Waals surface area contributed by atoms with E-state index in [9.17, 15) is 10.1 Å². The van der Waals surface area contributed by atoms with Gasteiger partial charge in [-0.1, -0.05) is 12.1 Å². The molecule has 0 aliphatic rings. The Morgan fingerprint density at radius 3 is 2.74 bits per heavy atom. The second-order valence-corrected chi connectivity index (χ2v) is 6.21. The fourth-order valence-electron chi connectivity index (χ4n) is 2.75. The molecule has 2 aromatic carbocycles. The van der Waals surface area contributed by atoms with Crippen LogP contribution in [0, 0.1) is 17.0 Å². The van der Waals surface area contributed by atoms with Gasteiger partial charge < -0.3 is 14.8 Å². The molecule has 0 spiro atoms. The summed E-state index contributed by atoms with van der Waals surface area (Å²) in [5.74, 6) is 1.26. The van der Waals surface area contributed by atoms with Crippen LogP contribution in [-0.4, -0.2) is 29.5 Å². The van der Waals surface area contributed by atoms with Crippen molar-refractivity contribution in [2.45, 2.75) is 6.92 Å². The lowest BCUT2D eigenvalue weighted by atomic mass is 10.1. The Morgan fingerprint density at radius 1 is 1.26 bits per heavy atom. The van der Waals surface area contributed by atoms with Crippen molar-refractivity contribution < 1.29 is 14.4 Å². The molecule has 140 valence electrons. The average molecular weight is 388 g/mol. The number of hydrogen-bond acceptors (Lipinski definition) is 6. The van der Waals surface area contributed by atoms with Gasteiger partial charge in [0, 0.05) is 17.1 Å². The molecule has 0 radical (unpaired) electrons. The molecule has 0 unspecified atom stereocenters. The van der Waals surface area contributed by atoms with Crippen LogP contribution in [0.15, 0.2) is 42.6 Å². The van der Waals surface area contributed by atoms with Crippen molar-refractivity contribution in [3.05, 3.63) is 58.3 Å². The van der Waals surface area contributed by atoms with E-state index >= 15 is 0 Å². The zero-order chi connectivity index (χ0) is 19.4. The Labute approximate surface area is 161 Å². The van der Waals surface area contributed by atoms with Crippen molar-refractivity contribution in [3.8, 4) is 11.5 Å².